The molecular formula is C15H18N2O3S. The number of fused-ring (bicyclic) bond motifs is 1. The Bertz CT molecular complexity index is 753. The number of primary sulfonamides is 1. The van der Waals surface area contributed by atoms with Crippen molar-refractivity contribution in [3.8, 4) is 5.75 Å². The number of nitrogens with two attached hydrogens (primary N) is 1. The van der Waals surface area contributed by atoms with E-state index in [2.05, 4.69) is 4.98 Å². The van der Waals surface area contributed by atoms with Gasteiger partial charge in [-0.25, -0.2) is 13.6 Å². The third-order valence-electron chi connectivity index (χ3n) is 3.95. The molecule has 0 amide bonds. The van der Waals surface area contributed by atoms with E-state index in [1.807, 2.05) is 0 Å². The van der Waals surface area contributed by atoms with E-state index in [1.165, 1.54) is 31.7 Å². The Labute approximate surface area is 124 Å². The summed E-state index contributed by atoms with van der Waals surface area (Å²) in [5.41, 5.74) is 0.365. The molecule has 0 radical (unpaired) electrons. The fourth-order valence-corrected chi connectivity index (χ4v) is 3.55. The van der Waals surface area contributed by atoms with Crippen LogP contribution in [0.5, 0.6) is 5.75 Å². The van der Waals surface area contributed by atoms with Gasteiger partial charge in [0.2, 0.25) is 10.0 Å². The second-order valence-corrected chi connectivity index (χ2v) is 7.00. The highest BCUT2D eigenvalue weighted by Gasteiger charge is 2.18. The van der Waals surface area contributed by atoms with Crippen LogP contribution >= 0.6 is 0 Å². The standard InChI is InChI=1S/C15H18N2O3S/c16-21(18,19)14-8-7-13(12-6-3-9-17-15(12)14)20-10-11-4-1-2-5-11/h3,6-9,11H,1-2,4-5,10H2,(H2,16,18,19). The van der Waals surface area contributed by atoms with Crippen molar-refractivity contribution >= 4 is 20.9 Å². The van der Waals surface area contributed by atoms with E-state index < -0.39 is 10.0 Å². The van der Waals surface area contributed by atoms with E-state index in [1.54, 1.807) is 24.4 Å². The maximum atomic E-state index is 11.6. The predicted molar refractivity (Wildman–Crippen MR) is 80.6 cm³/mol. The number of sulfonamides is 1. The van der Waals surface area contributed by atoms with Crippen molar-refractivity contribution < 1.29 is 13.2 Å². The molecule has 21 heavy (non-hydrogen) atoms. The smallest absolute Gasteiger partial charge is 0.240 e. The van der Waals surface area contributed by atoms with E-state index in [0.717, 1.165) is 0 Å². The minimum absolute atomic E-state index is 0.0336. The van der Waals surface area contributed by atoms with Crippen LogP contribution in [0.15, 0.2) is 35.4 Å². The lowest BCUT2D eigenvalue weighted by atomic mass is 10.1. The topological polar surface area (TPSA) is 82.3 Å². The van der Waals surface area contributed by atoms with Crippen LogP contribution in [-0.4, -0.2) is 20.0 Å². The summed E-state index contributed by atoms with van der Waals surface area (Å²) in [6.45, 7) is 0.665. The summed E-state index contributed by atoms with van der Waals surface area (Å²) in [4.78, 5) is 4.18. The lowest BCUT2D eigenvalue weighted by molar-refractivity contribution is 0.255. The third kappa shape index (κ3) is 3.01. The second-order valence-electron chi connectivity index (χ2n) is 5.47. The van der Waals surface area contributed by atoms with Crippen LogP contribution in [0.25, 0.3) is 10.9 Å². The number of aromatic nitrogens is 1. The minimum atomic E-state index is -3.79. The monoisotopic (exact) mass is 306 g/mol. The van der Waals surface area contributed by atoms with Crippen molar-refractivity contribution in [3.05, 3.63) is 30.5 Å². The van der Waals surface area contributed by atoms with Crippen molar-refractivity contribution in [3.63, 3.8) is 0 Å². The van der Waals surface area contributed by atoms with Gasteiger partial charge >= 0.3 is 0 Å². The average molecular weight is 306 g/mol. The molecular weight excluding hydrogens is 288 g/mol. The quantitative estimate of drug-likeness (QED) is 0.940. The van der Waals surface area contributed by atoms with E-state index in [-0.39, 0.29) is 4.90 Å². The Balaban J connectivity index is 1.96. The fourth-order valence-electron chi connectivity index (χ4n) is 2.86. The summed E-state index contributed by atoms with van der Waals surface area (Å²) in [5, 5.41) is 5.92. The van der Waals surface area contributed by atoms with E-state index in [0.29, 0.717) is 29.2 Å². The maximum absolute atomic E-state index is 11.6. The van der Waals surface area contributed by atoms with Crippen molar-refractivity contribution in [2.75, 3.05) is 6.61 Å². The summed E-state index contributed by atoms with van der Waals surface area (Å²) in [6.07, 6.45) is 6.48. The Morgan fingerprint density at radius 1 is 1.24 bits per heavy atom. The van der Waals surface area contributed by atoms with E-state index in [9.17, 15) is 8.42 Å². The molecule has 0 spiro atoms. The van der Waals surface area contributed by atoms with Crippen LogP contribution in [0.3, 0.4) is 0 Å². The molecule has 0 aliphatic heterocycles. The summed E-state index contributed by atoms with van der Waals surface area (Å²) in [6, 6.07) is 6.70. The molecule has 5 nitrogen and oxygen atoms in total. The van der Waals surface area contributed by atoms with Gasteiger partial charge in [0.15, 0.2) is 0 Å². The zero-order chi connectivity index (χ0) is 14.9. The van der Waals surface area contributed by atoms with Gasteiger partial charge in [-0.3, -0.25) is 4.98 Å². The fraction of sp³-hybridized carbons (Fsp3) is 0.400. The zero-order valence-corrected chi connectivity index (χ0v) is 12.5. The van der Waals surface area contributed by atoms with Crippen molar-refractivity contribution in [2.24, 2.45) is 11.1 Å². The molecule has 1 fully saturated rings. The van der Waals surface area contributed by atoms with Crippen LogP contribution in [0.1, 0.15) is 25.7 Å². The molecule has 1 aliphatic carbocycles. The van der Waals surface area contributed by atoms with Crippen molar-refractivity contribution in [2.45, 2.75) is 30.6 Å². The number of hydrogen-bond donors (Lipinski definition) is 1. The van der Waals surface area contributed by atoms with Gasteiger partial charge in [-0.15, -0.1) is 0 Å². The van der Waals surface area contributed by atoms with Gasteiger partial charge in [-0.2, -0.15) is 0 Å². The van der Waals surface area contributed by atoms with Crippen LogP contribution < -0.4 is 9.88 Å². The molecule has 6 heteroatoms. The number of nitrogens with zero attached hydrogens (tertiary/aromatic N) is 1. The van der Waals surface area contributed by atoms with Gasteiger partial charge in [0.25, 0.3) is 0 Å². The lowest BCUT2D eigenvalue weighted by Gasteiger charge is -2.14. The Hall–Kier alpha value is -1.66. The molecule has 1 aromatic carbocycles. The molecule has 0 saturated heterocycles. The van der Waals surface area contributed by atoms with Gasteiger partial charge in [0, 0.05) is 11.6 Å². The molecule has 3 rings (SSSR count). The van der Waals surface area contributed by atoms with Gasteiger partial charge in [0.1, 0.15) is 10.6 Å². The molecule has 1 saturated carbocycles. The first kappa shape index (κ1) is 14.3. The SMILES string of the molecule is NS(=O)(=O)c1ccc(OCC2CCCC2)c2cccnc12. The zero-order valence-electron chi connectivity index (χ0n) is 11.7. The molecule has 1 aromatic heterocycles. The highest BCUT2D eigenvalue weighted by molar-refractivity contribution is 7.89. The van der Waals surface area contributed by atoms with Crippen molar-refractivity contribution in [1.29, 1.82) is 0 Å². The first-order valence-electron chi connectivity index (χ1n) is 7.09. The highest BCUT2D eigenvalue weighted by Crippen LogP contribution is 2.31. The van der Waals surface area contributed by atoms with Crippen LogP contribution in [0.4, 0.5) is 0 Å². The number of ether oxygens (including phenoxy) is 1. The molecule has 1 heterocycles. The summed E-state index contributed by atoms with van der Waals surface area (Å²) in [7, 11) is -3.79. The molecule has 0 unspecified atom stereocenters. The maximum Gasteiger partial charge on any atom is 0.240 e. The second kappa shape index (κ2) is 5.61. The van der Waals surface area contributed by atoms with Gasteiger partial charge in [-0.1, -0.05) is 12.8 Å². The van der Waals surface area contributed by atoms with Crippen LogP contribution in [-0.2, 0) is 10.0 Å². The van der Waals surface area contributed by atoms with Crippen molar-refractivity contribution in [1.82, 2.24) is 4.98 Å². The first-order valence-corrected chi connectivity index (χ1v) is 8.63. The molecule has 1 aliphatic rings. The van der Waals surface area contributed by atoms with Gasteiger partial charge in [-0.05, 0) is 43.0 Å². The summed E-state index contributed by atoms with van der Waals surface area (Å²) in [5.74, 6) is 1.26. The predicted octanol–water partition coefficient (Wildman–Crippen LogP) is 2.45. The molecule has 112 valence electrons. The number of hydrogen-bond acceptors (Lipinski definition) is 4. The van der Waals surface area contributed by atoms with Gasteiger partial charge in [0.05, 0.1) is 12.1 Å². The normalized spacial score (nSPS) is 16.4. The summed E-state index contributed by atoms with van der Waals surface area (Å²) < 4.78 is 29.1. The lowest BCUT2D eigenvalue weighted by Crippen LogP contribution is -2.13. The van der Waals surface area contributed by atoms with E-state index >= 15 is 0 Å². The third-order valence-corrected chi connectivity index (χ3v) is 4.89. The van der Waals surface area contributed by atoms with Crippen LogP contribution in [0, 0.1) is 5.92 Å². The highest BCUT2D eigenvalue weighted by atomic mass is 32.2. The Kier molecular flexibility index (Phi) is 3.82. The molecule has 0 atom stereocenters. The van der Waals surface area contributed by atoms with E-state index in [4.69, 9.17) is 9.88 Å². The molecule has 2 N–H and O–H groups in total. The van der Waals surface area contributed by atoms with Crippen LogP contribution in [0.2, 0.25) is 0 Å². The molecule has 2 aromatic rings. The minimum Gasteiger partial charge on any atom is -0.493 e. The Morgan fingerprint density at radius 2 is 2.00 bits per heavy atom. The van der Waals surface area contributed by atoms with Gasteiger partial charge < -0.3 is 4.74 Å². The Morgan fingerprint density at radius 3 is 2.71 bits per heavy atom. The number of pyridine rings is 1. The average Bonchev–Trinajstić information content (AvgIpc) is 2.96. The number of rotatable bonds is 4. The summed E-state index contributed by atoms with van der Waals surface area (Å²) >= 11 is 0. The number of benzene rings is 1. The molecule has 0 bridgehead atoms. The largest absolute Gasteiger partial charge is 0.493 e. The first-order chi connectivity index (χ1) is 10.1.